The van der Waals surface area contributed by atoms with Gasteiger partial charge in [-0.25, -0.2) is 0 Å². The van der Waals surface area contributed by atoms with Gasteiger partial charge in [-0.05, 0) is 32.1 Å². The van der Waals surface area contributed by atoms with E-state index in [9.17, 15) is 0 Å². The first-order valence-corrected chi connectivity index (χ1v) is 9.77. The lowest BCUT2D eigenvalue weighted by Crippen LogP contribution is -2.51. The maximum absolute atomic E-state index is 3.69. The molecule has 0 amide bonds. The van der Waals surface area contributed by atoms with E-state index in [0.29, 0.717) is 0 Å². The van der Waals surface area contributed by atoms with Gasteiger partial charge in [0.2, 0.25) is 0 Å². The molecule has 0 heterocycles. The van der Waals surface area contributed by atoms with Gasteiger partial charge >= 0.3 is 0 Å². The zero-order chi connectivity index (χ0) is 14.4. The molecule has 1 atom stereocenters. The second-order valence-electron chi connectivity index (χ2n) is 6.05. The molecular formula is C17H37BrN+. The van der Waals surface area contributed by atoms with Gasteiger partial charge in [-0.15, -0.1) is 0 Å². The van der Waals surface area contributed by atoms with Gasteiger partial charge < -0.3 is 4.48 Å². The van der Waals surface area contributed by atoms with Crippen molar-refractivity contribution in [2.75, 3.05) is 31.5 Å². The summed E-state index contributed by atoms with van der Waals surface area (Å²) in [6.45, 7) is 12.5. The molecule has 19 heavy (non-hydrogen) atoms. The van der Waals surface area contributed by atoms with E-state index in [-0.39, 0.29) is 0 Å². The van der Waals surface area contributed by atoms with Crippen LogP contribution in [0.1, 0.15) is 78.6 Å². The van der Waals surface area contributed by atoms with E-state index in [2.05, 4.69) is 36.7 Å². The Morgan fingerprint density at radius 1 is 0.579 bits per heavy atom. The largest absolute Gasteiger partial charge is 0.323 e. The van der Waals surface area contributed by atoms with E-state index >= 15 is 0 Å². The number of rotatable bonds is 14. The van der Waals surface area contributed by atoms with Crippen molar-refractivity contribution in [2.24, 2.45) is 0 Å². The van der Waals surface area contributed by atoms with Gasteiger partial charge in [0.15, 0.2) is 0 Å². The average Bonchev–Trinajstić information content (AvgIpc) is 2.42. The normalized spacial score (nSPS) is 14.5. The first kappa shape index (κ1) is 19.4. The fraction of sp³-hybridized carbons (Fsp3) is 1.00. The highest BCUT2D eigenvalue weighted by atomic mass is 79.9. The van der Waals surface area contributed by atoms with Crippen molar-refractivity contribution in [1.29, 1.82) is 0 Å². The third-order valence-corrected chi connectivity index (χ3v) is 4.62. The summed E-state index contributed by atoms with van der Waals surface area (Å²) >= 11 is 3.69. The minimum absolute atomic E-state index is 1.16. The number of hydrogen-bond donors (Lipinski definition) is 0. The molecule has 116 valence electrons. The molecule has 0 aromatic heterocycles. The minimum Gasteiger partial charge on any atom is -0.323 e. The molecule has 0 aliphatic rings. The Kier molecular flexibility index (Phi) is 13.7. The second-order valence-corrected chi connectivity index (χ2v) is 6.84. The third kappa shape index (κ3) is 9.90. The van der Waals surface area contributed by atoms with Gasteiger partial charge in [0.1, 0.15) is 0 Å². The van der Waals surface area contributed by atoms with E-state index in [1.807, 2.05) is 0 Å². The highest BCUT2D eigenvalue weighted by Gasteiger charge is 2.24. The summed E-state index contributed by atoms with van der Waals surface area (Å²) < 4.78 is 1.38. The molecule has 1 unspecified atom stereocenters. The average molecular weight is 335 g/mol. The number of halogens is 1. The molecule has 0 N–H and O–H groups in total. The lowest BCUT2D eigenvalue weighted by Gasteiger charge is -2.39. The van der Waals surface area contributed by atoms with Crippen molar-refractivity contribution in [1.82, 2.24) is 0 Å². The maximum Gasteiger partial charge on any atom is 0.0885 e. The summed E-state index contributed by atoms with van der Waals surface area (Å²) in [5.41, 5.74) is 0. The molecule has 0 bridgehead atoms. The Bertz CT molecular complexity index is 184. The molecule has 0 aromatic rings. The van der Waals surface area contributed by atoms with Crippen LogP contribution in [-0.4, -0.2) is 36.0 Å². The van der Waals surface area contributed by atoms with Crippen molar-refractivity contribution in [3.63, 3.8) is 0 Å². The highest BCUT2D eigenvalue weighted by Crippen LogP contribution is 2.16. The Morgan fingerprint density at radius 3 is 1.58 bits per heavy atom. The maximum atomic E-state index is 3.69. The van der Waals surface area contributed by atoms with Crippen LogP contribution in [0.25, 0.3) is 0 Å². The summed E-state index contributed by atoms with van der Waals surface area (Å²) in [5, 5.41) is 1.16. The summed E-state index contributed by atoms with van der Waals surface area (Å²) in [6.07, 6.45) is 12.5. The number of unbranched alkanes of at least 4 members (excludes halogenated alkanes) is 6. The van der Waals surface area contributed by atoms with Gasteiger partial charge in [0, 0.05) is 0 Å². The van der Waals surface area contributed by atoms with Crippen molar-refractivity contribution in [3.8, 4) is 0 Å². The molecule has 0 spiro atoms. The summed E-state index contributed by atoms with van der Waals surface area (Å²) in [4.78, 5) is 0. The van der Waals surface area contributed by atoms with Crippen LogP contribution in [0, 0.1) is 0 Å². The van der Waals surface area contributed by atoms with Crippen molar-refractivity contribution < 1.29 is 4.48 Å². The summed E-state index contributed by atoms with van der Waals surface area (Å²) in [6, 6.07) is 0. The number of quaternary nitrogens is 1. The van der Waals surface area contributed by atoms with E-state index in [1.54, 1.807) is 0 Å². The topological polar surface area (TPSA) is 0 Å². The first-order valence-electron chi connectivity index (χ1n) is 8.65. The summed E-state index contributed by atoms with van der Waals surface area (Å²) in [7, 11) is 0. The Labute approximate surface area is 130 Å². The lowest BCUT2D eigenvalue weighted by molar-refractivity contribution is -0.926. The van der Waals surface area contributed by atoms with E-state index in [1.165, 1.54) is 88.4 Å². The van der Waals surface area contributed by atoms with Crippen LogP contribution >= 0.6 is 15.9 Å². The summed E-state index contributed by atoms with van der Waals surface area (Å²) in [5.74, 6) is 0. The van der Waals surface area contributed by atoms with Crippen LogP contribution in [-0.2, 0) is 0 Å². The standard InChI is InChI=1S/C17H37BrN/c1-4-7-10-12-16-19(17-13-18,14-9-6-3)15-11-8-5-2/h4-17H2,1-3H3/q+1. The predicted molar refractivity (Wildman–Crippen MR) is 92.1 cm³/mol. The van der Waals surface area contributed by atoms with E-state index in [0.717, 1.165) is 5.33 Å². The van der Waals surface area contributed by atoms with Crippen LogP contribution < -0.4 is 0 Å². The quantitative estimate of drug-likeness (QED) is 0.215. The first-order chi connectivity index (χ1) is 9.24. The molecular weight excluding hydrogens is 298 g/mol. The van der Waals surface area contributed by atoms with E-state index in [4.69, 9.17) is 0 Å². The van der Waals surface area contributed by atoms with Gasteiger partial charge in [0.05, 0.1) is 31.5 Å². The van der Waals surface area contributed by atoms with Gasteiger partial charge in [-0.2, -0.15) is 0 Å². The molecule has 1 nitrogen and oxygen atoms in total. The van der Waals surface area contributed by atoms with Crippen LogP contribution in [0.2, 0.25) is 0 Å². The van der Waals surface area contributed by atoms with Gasteiger partial charge in [0.25, 0.3) is 0 Å². The molecule has 0 aliphatic heterocycles. The Morgan fingerprint density at radius 2 is 1.05 bits per heavy atom. The highest BCUT2D eigenvalue weighted by molar-refractivity contribution is 9.09. The molecule has 0 radical (unpaired) electrons. The fourth-order valence-electron chi connectivity index (χ4n) is 2.91. The third-order valence-electron chi connectivity index (χ3n) is 4.27. The SMILES string of the molecule is CCCCCC[N+](CCBr)(CCCC)CCCCC. The van der Waals surface area contributed by atoms with Crippen molar-refractivity contribution >= 4 is 15.9 Å². The monoisotopic (exact) mass is 334 g/mol. The number of hydrogen-bond acceptors (Lipinski definition) is 0. The van der Waals surface area contributed by atoms with Gasteiger partial charge in [-0.3, -0.25) is 0 Å². The molecule has 0 saturated heterocycles. The molecule has 2 heteroatoms. The molecule has 0 saturated carbocycles. The van der Waals surface area contributed by atoms with Crippen LogP contribution in [0.3, 0.4) is 0 Å². The molecule has 0 aliphatic carbocycles. The van der Waals surface area contributed by atoms with Gasteiger partial charge in [-0.1, -0.05) is 62.4 Å². The zero-order valence-electron chi connectivity index (χ0n) is 13.7. The van der Waals surface area contributed by atoms with Crippen LogP contribution in [0.4, 0.5) is 0 Å². The minimum atomic E-state index is 1.16. The molecule has 0 rings (SSSR count). The van der Waals surface area contributed by atoms with Crippen molar-refractivity contribution in [2.45, 2.75) is 78.6 Å². The number of nitrogens with zero attached hydrogens (tertiary/aromatic N) is 1. The zero-order valence-corrected chi connectivity index (χ0v) is 15.3. The van der Waals surface area contributed by atoms with Crippen LogP contribution in [0.5, 0.6) is 0 Å². The Balaban J connectivity index is 4.32. The smallest absolute Gasteiger partial charge is 0.0885 e. The van der Waals surface area contributed by atoms with Crippen molar-refractivity contribution in [3.05, 3.63) is 0 Å². The Hall–Kier alpha value is 0.440. The molecule has 0 aromatic carbocycles. The predicted octanol–water partition coefficient (Wildman–Crippen LogP) is 5.77. The lowest BCUT2D eigenvalue weighted by atomic mass is 10.1. The second kappa shape index (κ2) is 13.4. The van der Waals surface area contributed by atoms with Crippen LogP contribution in [0.15, 0.2) is 0 Å². The molecule has 0 fully saturated rings. The fourth-order valence-corrected chi connectivity index (χ4v) is 3.67. The number of alkyl halides is 1. The van der Waals surface area contributed by atoms with E-state index < -0.39 is 0 Å².